The van der Waals surface area contributed by atoms with E-state index in [1.54, 1.807) is 19.1 Å². The van der Waals surface area contributed by atoms with E-state index in [0.29, 0.717) is 30.0 Å². The number of nitrogens with one attached hydrogen (secondary N) is 1. The Balaban J connectivity index is 1.94. The predicted molar refractivity (Wildman–Crippen MR) is 88.8 cm³/mol. The number of carbonyl (C=O) groups excluding carboxylic acids is 2. The molecule has 2 rings (SSSR count). The number of carboxylic acid groups (broad SMARTS) is 1. The van der Waals surface area contributed by atoms with E-state index in [0.717, 1.165) is 0 Å². The molecule has 2 amide bonds. The number of hydrogen-bond acceptors (Lipinski definition) is 5. The number of hydrogen-bond donors (Lipinski definition) is 2. The van der Waals surface area contributed by atoms with Gasteiger partial charge in [-0.2, -0.15) is 0 Å². The van der Waals surface area contributed by atoms with Crippen LogP contribution in [0.25, 0.3) is 0 Å². The zero-order valence-corrected chi connectivity index (χ0v) is 14.5. The third-order valence-corrected chi connectivity index (χ3v) is 4.39. The molecule has 1 saturated heterocycles. The fraction of sp³-hybridized carbons (Fsp3) is 0.471. The molecule has 25 heavy (non-hydrogen) atoms. The normalized spacial score (nSPS) is 19.4. The van der Waals surface area contributed by atoms with Crippen molar-refractivity contribution in [2.75, 3.05) is 33.9 Å². The average Bonchev–Trinajstić information content (AvgIpc) is 3.02. The van der Waals surface area contributed by atoms with E-state index < -0.39 is 17.3 Å². The van der Waals surface area contributed by atoms with Gasteiger partial charge in [-0.1, -0.05) is 0 Å². The molecule has 2 N–H and O–H groups in total. The Kier molecular flexibility index (Phi) is 5.51. The number of carbonyl (C=O) groups is 3. The summed E-state index contributed by atoms with van der Waals surface area (Å²) in [7, 11) is 2.97. The molecule has 1 heterocycles. The van der Waals surface area contributed by atoms with Crippen LogP contribution in [0.3, 0.4) is 0 Å². The van der Waals surface area contributed by atoms with Crippen molar-refractivity contribution in [2.24, 2.45) is 5.41 Å². The maximum absolute atomic E-state index is 12.2. The number of nitrogens with zero attached hydrogens (tertiary/aromatic N) is 1. The van der Waals surface area contributed by atoms with E-state index in [1.807, 2.05) is 0 Å². The number of ether oxygens (including phenoxy) is 2. The van der Waals surface area contributed by atoms with Crippen LogP contribution >= 0.6 is 0 Å². The van der Waals surface area contributed by atoms with Crippen molar-refractivity contribution in [1.29, 1.82) is 0 Å². The van der Waals surface area contributed by atoms with Crippen LogP contribution in [0.15, 0.2) is 18.2 Å². The summed E-state index contributed by atoms with van der Waals surface area (Å²) < 4.78 is 10.3. The van der Waals surface area contributed by atoms with E-state index >= 15 is 0 Å². The molecule has 1 unspecified atom stereocenters. The monoisotopic (exact) mass is 350 g/mol. The molecule has 136 valence electrons. The third-order valence-electron chi connectivity index (χ3n) is 4.39. The first-order valence-electron chi connectivity index (χ1n) is 7.82. The summed E-state index contributed by atoms with van der Waals surface area (Å²) in [4.78, 5) is 37.1. The van der Waals surface area contributed by atoms with Crippen LogP contribution < -0.4 is 14.8 Å². The Hall–Kier alpha value is -2.77. The quantitative estimate of drug-likeness (QED) is 0.785. The molecule has 1 atom stereocenters. The lowest BCUT2D eigenvalue weighted by atomic mass is 9.90. The Morgan fingerprint density at radius 3 is 2.48 bits per heavy atom. The first kappa shape index (κ1) is 18.6. The lowest BCUT2D eigenvalue weighted by Crippen LogP contribution is -2.41. The van der Waals surface area contributed by atoms with Crippen molar-refractivity contribution in [1.82, 2.24) is 10.2 Å². The van der Waals surface area contributed by atoms with Crippen LogP contribution in [0.2, 0.25) is 0 Å². The first-order valence-corrected chi connectivity index (χ1v) is 7.82. The highest BCUT2D eigenvalue weighted by atomic mass is 16.5. The maximum atomic E-state index is 12.2. The van der Waals surface area contributed by atoms with Gasteiger partial charge in [0, 0.05) is 18.7 Å². The first-order chi connectivity index (χ1) is 11.8. The van der Waals surface area contributed by atoms with Gasteiger partial charge in [0.15, 0.2) is 11.5 Å². The maximum Gasteiger partial charge on any atom is 0.311 e. The smallest absolute Gasteiger partial charge is 0.311 e. The summed E-state index contributed by atoms with van der Waals surface area (Å²) in [5, 5.41) is 11.7. The number of carboxylic acids is 1. The molecule has 1 aliphatic heterocycles. The molecule has 1 aromatic carbocycles. The highest BCUT2D eigenvalue weighted by Gasteiger charge is 2.41. The van der Waals surface area contributed by atoms with Crippen LogP contribution in [0, 0.1) is 5.41 Å². The average molecular weight is 350 g/mol. The molecule has 0 spiro atoms. The second-order valence-corrected chi connectivity index (χ2v) is 6.18. The highest BCUT2D eigenvalue weighted by molar-refractivity contribution is 5.97. The van der Waals surface area contributed by atoms with Crippen molar-refractivity contribution in [3.8, 4) is 11.5 Å². The minimum atomic E-state index is -0.928. The molecule has 0 saturated carbocycles. The van der Waals surface area contributed by atoms with Crippen LogP contribution in [0.5, 0.6) is 11.5 Å². The Labute approximate surface area is 145 Å². The number of likely N-dealkylation sites (tertiary alicyclic amines) is 1. The summed E-state index contributed by atoms with van der Waals surface area (Å²) in [5.74, 6) is -0.733. The second kappa shape index (κ2) is 7.42. The molecule has 0 aliphatic carbocycles. The SMILES string of the molecule is COc1ccc(C(=O)NCC(=O)N2CCC(C)(C(=O)O)C2)cc1OC. The zero-order valence-electron chi connectivity index (χ0n) is 14.5. The van der Waals surface area contributed by atoms with Gasteiger partial charge < -0.3 is 24.8 Å². The van der Waals surface area contributed by atoms with Gasteiger partial charge in [-0.3, -0.25) is 14.4 Å². The summed E-state index contributed by atoms with van der Waals surface area (Å²) in [6.45, 7) is 1.94. The Bertz CT molecular complexity index is 690. The van der Waals surface area contributed by atoms with Gasteiger partial charge in [0.2, 0.25) is 5.91 Å². The Morgan fingerprint density at radius 2 is 1.92 bits per heavy atom. The number of amides is 2. The third kappa shape index (κ3) is 4.01. The fourth-order valence-electron chi connectivity index (χ4n) is 2.70. The van der Waals surface area contributed by atoms with Gasteiger partial charge in [-0.15, -0.1) is 0 Å². The van der Waals surface area contributed by atoms with Gasteiger partial charge in [-0.25, -0.2) is 0 Å². The zero-order chi connectivity index (χ0) is 18.6. The van der Waals surface area contributed by atoms with Crippen molar-refractivity contribution in [3.05, 3.63) is 23.8 Å². The largest absolute Gasteiger partial charge is 0.493 e. The summed E-state index contributed by atoms with van der Waals surface area (Å²) in [6, 6.07) is 4.70. The molecular weight excluding hydrogens is 328 g/mol. The van der Waals surface area contributed by atoms with Crippen LogP contribution in [-0.4, -0.2) is 61.6 Å². The highest BCUT2D eigenvalue weighted by Crippen LogP contribution is 2.30. The molecule has 0 radical (unpaired) electrons. The summed E-state index contributed by atoms with van der Waals surface area (Å²) in [6.07, 6.45) is 0.400. The number of aliphatic carboxylic acids is 1. The number of benzene rings is 1. The van der Waals surface area contributed by atoms with Gasteiger partial charge in [0.05, 0.1) is 26.2 Å². The van der Waals surface area contributed by atoms with E-state index in [-0.39, 0.29) is 19.0 Å². The summed E-state index contributed by atoms with van der Waals surface area (Å²) in [5.41, 5.74) is -0.592. The minimum absolute atomic E-state index is 0.146. The van der Waals surface area contributed by atoms with Crippen molar-refractivity contribution in [2.45, 2.75) is 13.3 Å². The predicted octanol–water partition coefficient (Wildman–Crippen LogP) is 0.757. The van der Waals surface area contributed by atoms with Gasteiger partial charge in [0.25, 0.3) is 5.91 Å². The van der Waals surface area contributed by atoms with Crippen molar-refractivity contribution >= 4 is 17.8 Å². The van der Waals surface area contributed by atoms with E-state index in [2.05, 4.69) is 5.32 Å². The molecule has 1 aromatic rings. The fourth-order valence-corrected chi connectivity index (χ4v) is 2.70. The molecule has 8 heteroatoms. The van der Waals surface area contributed by atoms with Crippen LogP contribution in [0.4, 0.5) is 0 Å². The molecule has 8 nitrogen and oxygen atoms in total. The molecular formula is C17H22N2O6. The minimum Gasteiger partial charge on any atom is -0.493 e. The standard InChI is InChI=1S/C17H22N2O6/c1-17(16(22)23)6-7-19(10-17)14(20)9-18-15(21)11-4-5-12(24-2)13(8-11)25-3/h4-5,8H,6-7,9-10H2,1-3H3,(H,18,21)(H,22,23). The lowest BCUT2D eigenvalue weighted by molar-refractivity contribution is -0.147. The van der Waals surface area contributed by atoms with E-state index in [4.69, 9.17) is 9.47 Å². The summed E-state index contributed by atoms with van der Waals surface area (Å²) >= 11 is 0. The van der Waals surface area contributed by atoms with Crippen LogP contribution in [-0.2, 0) is 9.59 Å². The molecule has 0 aromatic heterocycles. The lowest BCUT2D eigenvalue weighted by Gasteiger charge is -2.20. The van der Waals surface area contributed by atoms with Crippen molar-refractivity contribution in [3.63, 3.8) is 0 Å². The van der Waals surface area contributed by atoms with Gasteiger partial charge in [-0.05, 0) is 31.5 Å². The topological polar surface area (TPSA) is 105 Å². The number of methoxy groups -OCH3 is 2. The van der Waals surface area contributed by atoms with Gasteiger partial charge >= 0.3 is 5.97 Å². The molecule has 1 aliphatic rings. The van der Waals surface area contributed by atoms with E-state index in [9.17, 15) is 19.5 Å². The molecule has 0 bridgehead atoms. The van der Waals surface area contributed by atoms with Crippen LogP contribution in [0.1, 0.15) is 23.7 Å². The second-order valence-electron chi connectivity index (χ2n) is 6.18. The number of rotatable bonds is 6. The van der Waals surface area contributed by atoms with E-state index in [1.165, 1.54) is 25.2 Å². The Morgan fingerprint density at radius 1 is 1.24 bits per heavy atom. The van der Waals surface area contributed by atoms with Gasteiger partial charge in [0.1, 0.15) is 0 Å². The van der Waals surface area contributed by atoms with Crippen molar-refractivity contribution < 1.29 is 29.0 Å². The molecule has 1 fully saturated rings.